The van der Waals surface area contributed by atoms with Crippen molar-refractivity contribution < 1.29 is 14.3 Å². The summed E-state index contributed by atoms with van der Waals surface area (Å²) >= 11 is 3.50. The highest BCUT2D eigenvalue weighted by Gasteiger charge is 2.17. The molecule has 5 nitrogen and oxygen atoms in total. The number of unbranched alkanes of at least 4 members (excludes halogenated alkanes) is 3. The van der Waals surface area contributed by atoms with Crippen molar-refractivity contribution in [2.45, 2.75) is 45.6 Å². The number of carbonyl (C=O) groups excluding carboxylic acids is 2. The van der Waals surface area contributed by atoms with Crippen LogP contribution in [-0.4, -0.2) is 18.4 Å². The first kappa shape index (κ1) is 25.5. The molecule has 0 fully saturated rings. The third-order valence-electron chi connectivity index (χ3n) is 5.52. The lowest BCUT2D eigenvalue weighted by atomic mass is 10.1. The maximum Gasteiger partial charge on any atom is 0.255 e. The summed E-state index contributed by atoms with van der Waals surface area (Å²) in [5.41, 5.74) is 2.34. The summed E-state index contributed by atoms with van der Waals surface area (Å²) in [6.07, 6.45) is 4.54. The quantitative estimate of drug-likeness (QED) is 0.262. The van der Waals surface area contributed by atoms with Crippen molar-refractivity contribution in [1.82, 2.24) is 5.32 Å². The topological polar surface area (TPSA) is 67.4 Å². The highest BCUT2D eigenvalue weighted by atomic mass is 79.9. The standard InChI is InChI=1S/C28H31BrN2O3/c1-3-4-5-11-18-34-26-17-16-22(19-24(26)29)27(32)31-25-15-10-9-14-23(25)28(33)30-20(2)21-12-7-6-8-13-21/h6-10,12-17,19-20H,3-5,11,18H2,1-2H3,(H,30,33)(H,31,32). The van der Waals surface area contributed by atoms with Crippen molar-refractivity contribution in [1.29, 1.82) is 0 Å². The third kappa shape index (κ3) is 7.19. The summed E-state index contributed by atoms with van der Waals surface area (Å²) in [6.45, 7) is 4.75. The van der Waals surface area contributed by atoms with Gasteiger partial charge in [0.2, 0.25) is 0 Å². The Hall–Kier alpha value is -3.12. The molecule has 178 valence electrons. The molecule has 0 spiro atoms. The van der Waals surface area contributed by atoms with E-state index in [1.165, 1.54) is 12.8 Å². The molecule has 0 aromatic heterocycles. The molecule has 3 aromatic rings. The van der Waals surface area contributed by atoms with Gasteiger partial charge >= 0.3 is 0 Å². The summed E-state index contributed by atoms with van der Waals surface area (Å²) in [6, 6.07) is 21.8. The Bertz CT molecular complexity index is 1100. The second-order valence-electron chi connectivity index (χ2n) is 8.16. The SMILES string of the molecule is CCCCCCOc1ccc(C(=O)Nc2ccccc2C(=O)NC(C)c2ccccc2)cc1Br. The monoisotopic (exact) mass is 522 g/mol. The molecule has 3 aromatic carbocycles. The van der Waals surface area contributed by atoms with E-state index >= 15 is 0 Å². The second kappa shape index (κ2) is 12.9. The maximum absolute atomic E-state index is 12.9. The normalized spacial score (nSPS) is 11.5. The molecule has 0 bridgehead atoms. The Morgan fingerprint density at radius 1 is 0.912 bits per heavy atom. The lowest BCUT2D eigenvalue weighted by Gasteiger charge is -2.16. The molecule has 0 radical (unpaired) electrons. The van der Waals surface area contributed by atoms with Crippen LogP contribution < -0.4 is 15.4 Å². The van der Waals surface area contributed by atoms with Crippen LogP contribution in [0.4, 0.5) is 5.69 Å². The Kier molecular flexibility index (Phi) is 9.71. The molecule has 0 saturated carbocycles. The van der Waals surface area contributed by atoms with E-state index < -0.39 is 0 Å². The largest absolute Gasteiger partial charge is 0.492 e. The number of ether oxygens (including phenoxy) is 1. The van der Waals surface area contributed by atoms with E-state index in [2.05, 4.69) is 33.5 Å². The highest BCUT2D eigenvalue weighted by Crippen LogP contribution is 2.27. The maximum atomic E-state index is 12.9. The number of nitrogens with one attached hydrogen (secondary N) is 2. The average Bonchev–Trinajstić information content (AvgIpc) is 2.85. The lowest BCUT2D eigenvalue weighted by Crippen LogP contribution is -2.28. The number of benzene rings is 3. The zero-order valence-corrected chi connectivity index (χ0v) is 21.2. The van der Waals surface area contributed by atoms with Crippen molar-refractivity contribution in [2.24, 2.45) is 0 Å². The molecule has 0 saturated heterocycles. The Balaban J connectivity index is 1.65. The average molecular weight is 523 g/mol. The van der Waals surface area contributed by atoms with Gasteiger partial charge in [0.25, 0.3) is 11.8 Å². The van der Waals surface area contributed by atoms with Gasteiger partial charge < -0.3 is 15.4 Å². The Morgan fingerprint density at radius 2 is 1.65 bits per heavy atom. The Labute approximate surface area is 210 Å². The fourth-order valence-electron chi connectivity index (χ4n) is 3.55. The number of hydrogen-bond acceptors (Lipinski definition) is 3. The molecule has 1 unspecified atom stereocenters. The first-order valence-electron chi connectivity index (χ1n) is 11.7. The number of hydrogen-bond donors (Lipinski definition) is 2. The molecule has 2 N–H and O–H groups in total. The Morgan fingerprint density at radius 3 is 2.38 bits per heavy atom. The summed E-state index contributed by atoms with van der Waals surface area (Å²) < 4.78 is 6.55. The van der Waals surface area contributed by atoms with E-state index in [9.17, 15) is 9.59 Å². The zero-order valence-electron chi connectivity index (χ0n) is 19.6. The van der Waals surface area contributed by atoms with Crippen molar-refractivity contribution in [2.75, 3.05) is 11.9 Å². The van der Waals surface area contributed by atoms with Gasteiger partial charge in [0.15, 0.2) is 0 Å². The van der Waals surface area contributed by atoms with Crippen LogP contribution in [-0.2, 0) is 0 Å². The summed E-state index contributed by atoms with van der Waals surface area (Å²) in [7, 11) is 0. The van der Waals surface area contributed by atoms with E-state index in [4.69, 9.17) is 4.74 Å². The number of halogens is 1. The van der Waals surface area contributed by atoms with Crippen LogP contribution in [0.1, 0.15) is 71.9 Å². The number of amides is 2. The predicted octanol–water partition coefficient (Wildman–Crippen LogP) is 7.15. The van der Waals surface area contributed by atoms with E-state index in [0.29, 0.717) is 29.2 Å². The smallest absolute Gasteiger partial charge is 0.255 e. The van der Waals surface area contributed by atoms with Gasteiger partial charge in [-0.2, -0.15) is 0 Å². The molecule has 0 aliphatic carbocycles. The van der Waals surface area contributed by atoms with E-state index in [1.807, 2.05) is 37.3 Å². The van der Waals surface area contributed by atoms with Gasteiger partial charge in [-0.3, -0.25) is 9.59 Å². The van der Waals surface area contributed by atoms with Gasteiger partial charge in [-0.15, -0.1) is 0 Å². The molecular formula is C28H31BrN2O3. The fraction of sp³-hybridized carbons (Fsp3) is 0.286. The summed E-state index contributed by atoms with van der Waals surface area (Å²) in [5, 5.41) is 5.87. The van der Waals surface area contributed by atoms with Gasteiger partial charge in [-0.25, -0.2) is 0 Å². The minimum atomic E-state index is -0.299. The first-order chi connectivity index (χ1) is 16.5. The molecule has 1 atom stereocenters. The van der Waals surface area contributed by atoms with Crippen molar-refractivity contribution >= 4 is 33.4 Å². The molecule has 2 amide bonds. The number of anilines is 1. The number of para-hydroxylation sites is 1. The molecular weight excluding hydrogens is 492 g/mol. The van der Waals surface area contributed by atoms with Crippen molar-refractivity contribution in [3.05, 3.63) is 94.0 Å². The third-order valence-corrected chi connectivity index (χ3v) is 6.14. The summed E-state index contributed by atoms with van der Waals surface area (Å²) in [5.74, 6) is 0.162. The van der Waals surface area contributed by atoms with Crippen LogP contribution in [0.25, 0.3) is 0 Å². The zero-order chi connectivity index (χ0) is 24.3. The lowest BCUT2D eigenvalue weighted by molar-refractivity contribution is 0.0940. The molecule has 0 aliphatic rings. The number of carbonyl (C=O) groups is 2. The van der Waals surface area contributed by atoms with Crippen LogP contribution in [0, 0.1) is 0 Å². The molecule has 0 heterocycles. The van der Waals surface area contributed by atoms with Crippen molar-refractivity contribution in [3.63, 3.8) is 0 Å². The van der Waals surface area contributed by atoms with E-state index in [1.54, 1.807) is 42.5 Å². The van der Waals surface area contributed by atoms with Crippen LogP contribution in [0.5, 0.6) is 5.75 Å². The van der Waals surface area contributed by atoms with Crippen molar-refractivity contribution in [3.8, 4) is 5.75 Å². The van der Waals surface area contributed by atoms with Gasteiger partial charge in [0.05, 0.1) is 28.4 Å². The molecule has 6 heteroatoms. The fourth-order valence-corrected chi connectivity index (χ4v) is 4.05. The summed E-state index contributed by atoms with van der Waals surface area (Å²) in [4.78, 5) is 25.9. The first-order valence-corrected chi connectivity index (χ1v) is 12.5. The van der Waals surface area contributed by atoms with Crippen LogP contribution in [0.2, 0.25) is 0 Å². The molecule has 0 aliphatic heterocycles. The molecule has 3 rings (SSSR count). The van der Waals surface area contributed by atoms with Gasteiger partial charge in [0, 0.05) is 5.56 Å². The predicted molar refractivity (Wildman–Crippen MR) is 140 cm³/mol. The second-order valence-corrected chi connectivity index (χ2v) is 9.01. The highest BCUT2D eigenvalue weighted by molar-refractivity contribution is 9.10. The minimum Gasteiger partial charge on any atom is -0.492 e. The van der Waals surface area contributed by atoms with Crippen LogP contribution >= 0.6 is 15.9 Å². The van der Waals surface area contributed by atoms with Gasteiger partial charge in [0.1, 0.15) is 5.75 Å². The van der Waals surface area contributed by atoms with Gasteiger partial charge in [-0.05, 0) is 65.2 Å². The number of rotatable bonds is 11. The van der Waals surface area contributed by atoms with E-state index in [-0.39, 0.29) is 17.9 Å². The van der Waals surface area contributed by atoms with Crippen LogP contribution in [0.3, 0.4) is 0 Å². The molecule has 34 heavy (non-hydrogen) atoms. The van der Waals surface area contributed by atoms with E-state index in [0.717, 1.165) is 22.9 Å². The van der Waals surface area contributed by atoms with Gasteiger partial charge in [-0.1, -0.05) is 68.7 Å². The minimum absolute atomic E-state index is 0.164. The van der Waals surface area contributed by atoms with Crippen LogP contribution in [0.15, 0.2) is 77.3 Å².